The van der Waals surface area contributed by atoms with E-state index in [1.807, 2.05) is 19.2 Å². The molecule has 3 rings (SSSR count). The molecule has 0 unspecified atom stereocenters. The molecule has 2 heterocycles. The van der Waals surface area contributed by atoms with Crippen LogP contribution in [0.5, 0.6) is 0 Å². The topological polar surface area (TPSA) is 98.3 Å². The molecular weight excluding hydrogens is 342 g/mol. The molecule has 8 heteroatoms. The molecule has 0 atom stereocenters. The highest BCUT2D eigenvalue weighted by atomic mass is 16.1. The number of H-pyrrole nitrogens is 1. The van der Waals surface area contributed by atoms with E-state index in [0.717, 1.165) is 48.8 Å². The molecule has 1 aliphatic heterocycles. The van der Waals surface area contributed by atoms with Gasteiger partial charge in [0.05, 0.1) is 0 Å². The molecule has 1 aliphatic rings. The summed E-state index contributed by atoms with van der Waals surface area (Å²) in [6.45, 7) is 2.52. The Morgan fingerprint density at radius 3 is 2.85 bits per heavy atom. The van der Waals surface area contributed by atoms with Crippen molar-refractivity contribution in [3.05, 3.63) is 36.2 Å². The molecule has 27 heavy (non-hydrogen) atoms. The number of benzene rings is 1. The Kier molecular flexibility index (Phi) is 6.40. The van der Waals surface area contributed by atoms with Gasteiger partial charge in [-0.3, -0.25) is 14.9 Å². The second kappa shape index (κ2) is 9.16. The third kappa shape index (κ3) is 5.06. The number of carbonyl (C=O) groups is 1. The fourth-order valence-corrected chi connectivity index (χ4v) is 3.40. The van der Waals surface area contributed by atoms with E-state index in [-0.39, 0.29) is 5.91 Å². The maximum Gasteiger partial charge on any atom is 0.220 e. The maximum absolute atomic E-state index is 11.6. The molecule has 1 aromatic heterocycles. The van der Waals surface area contributed by atoms with Gasteiger partial charge in [-0.25, -0.2) is 4.98 Å². The fraction of sp³-hybridized carbons (Fsp3) is 0.474. The largest absolute Gasteiger partial charge is 0.359 e. The molecular formula is C19H27N7O. The number of hydrogen-bond acceptors (Lipinski definition) is 4. The van der Waals surface area contributed by atoms with Gasteiger partial charge in [0, 0.05) is 45.7 Å². The SMILES string of the molecule is CN=C(NCc1cccc(-c2ncn[nH]2)c1)N1CCC(CC(=O)NC)CC1. The van der Waals surface area contributed by atoms with Crippen LogP contribution in [-0.4, -0.2) is 59.1 Å². The number of likely N-dealkylation sites (tertiary alicyclic amines) is 1. The van der Waals surface area contributed by atoms with Crippen molar-refractivity contribution >= 4 is 11.9 Å². The Bertz CT molecular complexity index is 764. The number of nitrogens with one attached hydrogen (secondary N) is 3. The van der Waals surface area contributed by atoms with Gasteiger partial charge in [0.15, 0.2) is 11.8 Å². The Balaban J connectivity index is 1.53. The molecule has 3 N–H and O–H groups in total. The number of aromatic nitrogens is 3. The molecule has 2 aromatic rings. The molecule has 8 nitrogen and oxygen atoms in total. The first-order valence-electron chi connectivity index (χ1n) is 9.30. The number of amides is 1. The molecule has 0 saturated carbocycles. The lowest BCUT2D eigenvalue weighted by molar-refractivity contribution is -0.121. The first-order valence-corrected chi connectivity index (χ1v) is 9.30. The van der Waals surface area contributed by atoms with Gasteiger partial charge in [-0.05, 0) is 30.4 Å². The summed E-state index contributed by atoms with van der Waals surface area (Å²) in [4.78, 5) is 22.4. The molecule has 0 bridgehead atoms. The zero-order valence-electron chi connectivity index (χ0n) is 15.9. The first-order chi connectivity index (χ1) is 13.2. The Morgan fingerprint density at radius 2 is 2.19 bits per heavy atom. The van der Waals surface area contributed by atoms with Crippen molar-refractivity contribution in [2.75, 3.05) is 27.2 Å². The van der Waals surface area contributed by atoms with E-state index < -0.39 is 0 Å². The van der Waals surface area contributed by atoms with Crippen molar-refractivity contribution in [2.24, 2.45) is 10.9 Å². The average Bonchev–Trinajstić information content (AvgIpc) is 3.24. The van der Waals surface area contributed by atoms with E-state index in [4.69, 9.17) is 0 Å². The van der Waals surface area contributed by atoms with Crippen molar-refractivity contribution in [1.82, 2.24) is 30.7 Å². The molecule has 1 fully saturated rings. The summed E-state index contributed by atoms with van der Waals surface area (Å²) in [6, 6.07) is 8.20. The van der Waals surface area contributed by atoms with Crippen LogP contribution >= 0.6 is 0 Å². The van der Waals surface area contributed by atoms with E-state index in [1.54, 1.807) is 7.05 Å². The highest BCUT2D eigenvalue weighted by molar-refractivity contribution is 5.80. The molecule has 1 amide bonds. The second-order valence-corrected chi connectivity index (χ2v) is 6.74. The van der Waals surface area contributed by atoms with Crippen LogP contribution in [0.1, 0.15) is 24.8 Å². The van der Waals surface area contributed by atoms with Gasteiger partial charge in [-0.15, -0.1) is 0 Å². The van der Waals surface area contributed by atoms with Crippen LogP contribution in [0.25, 0.3) is 11.4 Å². The van der Waals surface area contributed by atoms with Crippen LogP contribution in [0.4, 0.5) is 0 Å². The van der Waals surface area contributed by atoms with Gasteiger partial charge in [-0.2, -0.15) is 5.10 Å². The summed E-state index contributed by atoms with van der Waals surface area (Å²) in [5.41, 5.74) is 2.16. The summed E-state index contributed by atoms with van der Waals surface area (Å²) >= 11 is 0. The van der Waals surface area contributed by atoms with Crippen LogP contribution < -0.4 is 10.6 Å². The Morgan fingerprint density at radius 1 is 1.37 bits per heavy atom. The third-order valence-electron chi connectivity index (χ3n) is 4.94. The number of hydrogen-bond donors (Lipinski definition) is 3. The van der Waals surface area contributed by atoms with Gasteiger partial charge in [0.1, 0.15) is 6.33 Å². The molecule has 144 valence electrons. The van der Waals surface area contributed by atoms with Gasteiger partial charge >= 0.3 is 0 Å². The minimum Gasteiger partial charge on any atom is -0.359 e. The van der Waals surface area contributed by atoms with Gasteiger partial charge in [0.25, 0.3) is 0 Å². The predicted molar refractivity (Wildman–Crippen MR) is 105 cm³/mol. The molecule has 0 aliphatic carbocycles. The van der Waals surface area contributed by atoms with Gasteiger partial charge < -0.3 is 15.5 Å². The summed E-state index contributed by atoms with van der Waals surface area (Å²) < 4.78 is 0. The zero-order valence-corrected chi connectivity index (χ0v) is 15.9. The molecule has 0 radical (unpaired) electrons. The summed E-state index contributed by atoms with van der Waals surface area (Å²) in [7, 11) is 3.50. The van der Waals surface area contributed by atoms with Gasteiger partial charge in [0.2, 0.25) is 5.91 Å². The summed E-state index contributed by atoms with van der Waals surface area (Å²) in [6.07, 6.45) is 4.14. The van der Waals surface area contributed by atoms with Crippen LogP contribution in [-0.2, 0) is 11.3 Å². The molecule has 1 aromatic carbocycles. The van der Waals surface area contributed by atoms with Crippen LogP contribution in [0.2, 0.25) is 0 Å². The monoisotopic (exact) mass is 369 g/mol. The Hall–Kier alpha value is -2.90. The lowest BCUT2D eigenvalue weighted by atomic mass is 9.93. The summed E-state index contributed by atoms with van der Waals surface area (Å²) in [5.74, 6) is 2.25. The first kappa shape index (κ1) is 18.9. The number of aromatic amines is 1. The maximum atomic E-state index is 11.6. The van der Waals surface area contributed by atoms with Crippen molar-refractivity contribution in [3.63, 3.8) is 0 Å². The molecule has 0 spiro atoms. The van der Waals surface area contributed by atoms with E-state index in [2.05, 4.69) is 47.8 Å². The quantitative estimate of drug-likeness (QED) is 0.547. The fourth-order valence-electron chi connectivity index (χ4n) is 3.40. The lowest BCUT2D eigenvalue weighted by Gasteiger charge is -2.34. The minimum atomic E-state index is 0.127. The van der Waals surface area contributed by atoms with Gasteiger partial charge in [-0.1, -0.05) is 18.2 Å². The van der Waals surface area contributed by atoms with E-state index in [9.17, 15) is 4.79 Å². The minimum absolute atomic E-state index is 0.127. The number of guanidine groups is 1. The standard InChI is InChI=1S/C19H27N7O/c1-20-17(27)11-14-6-8-26(9-7-14)19(21-2)22-12-15-4-3-5-16(10-15)18-23-13-24-25-18/h3-5,10,13-14H,6-9,11-12H2,1-2H3,(H,20,27)(H,21,22)(H,23,24,25). The van der Waals surface area contributed by atoms with Crippen molar-refractivity contribution in [3.8, 4) is 11.4 Å². The van der Waals surface area contributed by atoms with E-state index >= 15 is 0 Å². The van der Waals surface area contributed by atoms with Crippen molar-refractivity contribution in [2.45, 2.75) is 25.8 Å². The number of carbonyl (C=O) groups excluding carboxylic acids is 1. The van der Waals surface area contributed by atoms with E-state index in [1.165, 1.54) is 6.33 Å². The highest BCUT2D eigenvalue weighted by Crippen LogP contribution is 2.20. The zero-order chi connectivity index (χ0) is 19.1. The Labute approximate surface area is 159 Å². The summed E-state index contributed by atoms with van der Waals surface area (Å²) in [5, 5.41) is 12.9. The number of nitrogens with zero attached hydrogens (tertiary/aromatic N) is 4. The van der Waals surface area contributed by atoms with Crippen molar-refractivity contribution < 1.29 is 4.79 Å². The van der Waals surface area contributed by atoms with E-state index in [0.29, 0.717) is 18.9 Å². The smallest absolute Gasteiger partial charge is 0.220 e. The van der Waals surface area contributed by atoms with Crippen LogP contribution in [0.3, 0.4) is 0 Å². The number of aliphatic imine (C=N–C) groups is 1. The average molecular weight is 369 g/mol. The number of piperidine rings is 1. The van der Waals surface area contributed by atoms with Crippen molar-refractivity contribution in [1.29, 1.82) is 0 Å². The predicted octanol–water partition coefficient (Wildman–Crippen LogP) is 1.40. The number of rotatable bonds is 5. The highest BCUT2D eigenvalue weighted by Gasteiger charge is 2.23. The third-order valence-corrected chi connectivity index (χ3v) is 4.94. The lowest BCUT2D eigenvalue weighted by Crippen LogP contribution is -2.45. The molecule has 1 saturated heterocycles. The van der Waals surface area contributed by atoms with Crippen LogP contribution in [0, 0.1) is 5.92 Å². The van der Waals surface area contributed by atoms with Crippen LogP contribution in [0.15, 0.2) is 35.6 Å². The normalized spacial score (nSPS) is 15.6. The second-order valence-electron chi connectivity index (χ2n) is 6.74.